The van der Waals surface area contributed by atoms with Crippen molar-refractivity contribution >= 4 is 0 Å². The van der Waals surface area contributed by atoms with Crippen LogP contribution < -0.4 is 4.74 Å². The molecule has 1 aromatic carbocycles. The molecule has 5 heteroatoms. The maximum absolute atomic E-state index is 9.38. The normalized spacial score (nSPS) is 10.8. The van der Waals surface area contributed by atoms with Gasteiger partial charge in [0, 0.05) is 13.0 Å². The molecule has 5 nitrogen and oxygen atoms in total. The van der Waals surface area contributed by atoms with Gasteiger partial charge in [0.2, 0.25) is 0 Å². The van der Waals surface area contributed by atoms with Crippen LogP contribution in [0.25, 0.3) is 0 Å². The highest BCUT2D eigenvalue weighted by atomic mass is 16.5. The summed E-state index contributed by atoms with van der Waals surface area (Å²) in [6, 6.07) is 7.93. The number of unbranched alkanes of at least 4 members (excludes halogenated alkanes) is 1. The van der Waals surface area contributed by atoms with Crippen molar-refractivity contribution in [2.75, 3.05) is 7.11 Å². The Morgan fingerprint density at radius 1 is 1.25 bits per heavy atom. The van der Waals surface area contributed by atoms with E-state index in [9.17, 15) is 5.11 Å². The summed E-state index contributed by atoms with van der Waals surface area (Å²) in [5, 5.41) is 17.6. The smallest absolute Gasteiger partial charge is 0.118 e. The average Bonchev–Trinajstić information content (AvgIpc) is 2.88. The molecule has 0 aliphatic heterocycles. The van der Waals surface area contributed by atoms with Crippen molar-refractivity contribution in [1.82, 2.24) is 15.0 Å². The quantitative estimate of drug-likeness (QED) is 0.841. The third kappa shape index (κ3) is 3.36. The number of nitrogens with zero attached hydrogens (tertiary/aromatic N) is 3. The lowest BCUT2D eigenvalue weighted by molar-refractivity contribution is 0.275. The van der Waals surface area contributed by atoms with Crippen molar-refractivity contribution in [2.24, 2.45) is 0 Å². The van der Waals surface area contributed by atoms with Crippen LogP contribution in [-0.4, -0.2) is 27.2 Å². The largest absolute Gasteiger partial charge is 0.497 e. The van der Waals surface area contributed by atoms with Gasteiger partial charge in [0.05, 0.1) is 19.4 Å². The first kappa shape index (κ1) is 14.5. The summed E-state index contributed by atoms with van der Waals surface area (Å²) in [5.74, 6) is 0.841. The van der Waals surface area contributed by atoms with Gasteiger partial charge in [-0.25, -0.2) is 4.68 Å². The maximum Gasteiger partial charge on any atom is 0.118 e. The van der Waals surface area contributed by atoms with E-state index < -0.39 is 0 Å². The zero-order chi connectivity index (χ0) is 14.4. The van der Waals surface area contributed by atoms with Crippen LogP contribution in [0.3, 0.4) is 0 Å². The van der Waals surface area contributed by atoms with E-state index in [2.05, 4.69) is 17.2 Å². The van der Waals surface area contributed by atoms with E-state index in [1.165, 1.54) is 0 Å². The van der Waals surface area contributed by atoms with Crippen molar-refractivity contribution in [3.05, 3.63) is 41.2 Å². The van der Waals surface area contributed by atoms with Crippen LogP contribution in [0, 0.1) is 0 Å². The molecule has 0 saturated carbocycles. The van der Waals surface area contributed by atoms with Gasteiger partial charge in [-0.2, -0.15) is 0 Å². The lowest BCUT2D eigenvalue weighted by Gasteiger charge is -2.08. The summed E-state index contributed by atoms with van der Waals surface area (Å²) in [7, 11) is 1.66. The number of aliphatic hydroxyl groups is 1. The minimum Gasteiger partial charge on any atom is -0.497 e. The summed E-state index contributed by atoms with van der Waals surface area (Å²) >= 11 is 0. The molecule has 0 aliphatic rings. The molecule has 2 rings (SSSR count). The second-order valence-electron chi connectivity index (χ2n) is 4.74. The number of aryl methyl sites for hydroxylation is 1. The van der Waals surface area contributed by atoms with Crippen LogP contribution in [0.15, 0.2) is 24.3 Å². The van der Waals surface area contributed by atoms with E-state index in [4.69, 9.17) is 4.74 Å². The molecule has 0 atom stereocenters. The average molecular weight is 275 g/mol. The summed E-state index contributed by atoms with van der Waals surface area (Å²) < 4.78 is 7.06. The van der Waals surface area contributed by atoms with Gasteiger partial charge in [-0.05, 0) is 24.1 Å². The van der Waals surface area contributed by atoms with Crippen molar-refractivity contribution in [2.45, 2.75) is 39.3 Å². The molecule has 0 spiro atoms. The van der Waals surface area contributed by atoms with Gasteiger partial charge < -0.3 is 9.84 Å². The molecule has 0 amide bonds. The van der Waals surface area contributed by atoms with E-state index >= 15 is 0 Å². The van der Waals surface area contributed by atoms with Gasteiger partial charge in [0.1, 0.15) is 11.4 Å². The monoisotopic (exact) mass is 275 g/mol. The zero-order valence-corrected chi connectivity index (χ0v) is 12.0. The second-order valence-corrected chi connectivity index (χ2v) is 4.74. The number of ether oxygens (including phenoxy) is 1. The van der Waals surface area contributed by atoms with Gasteiger partial charge >= 0.3 is 0 Å². The Kier molecular flexibility index (Phi) is 5.12. The van der Waals surface area contributed by atoms with Gasteiger partial charge in [0.15, 0.2) is 0 Å². The van der Waals surface area contributed by atoms with E-state index in [-0.39, 0.29) is 6.61 Å². The standard InChI is InChI=1S/C15H21N3O2/c1-3-4-9-18-15(14(11-19)16-17-18)10-12-5-7-13(20-2)8-6-12/h5-8,19H,3-4,9-11H2,1-2H3. The Bertz CT molecular complexity index is 535. The number of methoxy groups -OCH3 is 1. The minimum atomic E-state index is -0.0718. The summed E-state index contributed by atoms with van der Waals surface area (Å²) in [4.78, 5) is 0. The third-order valence-electron chi connectivity index (χ3n) is 3.32. The fraction of sp³-hybridized carbons (Fsp3) is 0.467. The highest BCUT2D eigenvalue weighted by Gasteiger charge is 2.12. The molecule has 1 aromatic heterocycles. The Labute approximate surface area is 119 Å². The molecule has 20 heavy (non-hydrogen) atoms. The summed E-state index contributed by atoms with van der Waals surface area (Å²) in [6.45, 7) is 2.92. The Hall–Kier alpha value is -1.88. The Balaban J connectivity index is 2.19. The number of hydrogen-bond acceptors (Lipinski definition) is 4. The fourth-order valence-corrected chi connectivity index (χ4v) is 2.11. The molecule has 0 unspecified atom stereocenters. The molecule has 0 bridgehead atoms. The Morgan fingerprint density at radius 3 is 2.60 bits per heavy atom. The Morgan fingerprint density at radius 2 is 2.00 bits per heavy atom. The van der Waals surface area contributed by atoms with Crippen LogP contribution in [0.1, 0.15) is 36.7 Å². The highest BCUT2D eigenvalue weighted by molar-refractivity contribution is 5.30. The van der Waals surface area contributed by atoms with Crippen LogP contribution >= 0.6 is 0 Å². The molecular weight excluding hydrogens is 254 g/mol. The van der Waals surface area contributed by atoms with Crippen LogP contribution in [0.4, 0.5) is 0 Å². The van der Waals surface area contributed by atoms with E-state index in [0.29, 0.717) is 5.69 Å². The molecule has 0 fully saturated rings. The molecular formula is C15H21N3O2. The molecule has 2 aromatic rings. The van der Waals surface area contributed by atoms with Gasteiger partial charge in [-0.3, -0.25) is 0 Å². The third-order valence-corrected chi connectivity index (χ3v) is 3.32. The second kappa shape index (κ2) is 7.05. The van der Waals surface area contributed by atoms with E-state index in [1.807, 2.05) is 28.9 Å². The first-order valence-corrected chi connectivity index (χ1v) is 6.93. The number of rotatable bonds is 7. The topological polar surface area (TPSA) is 60.2 Å². The minimum absolute atomic E-state index is 0.0718. The molecule has 0 aliphatic carbocycles. The molecule has 0 saturated heterocycles. The predicted octanol–water partition coefficient (Wildman–Crippen LogP) is 2.17. The SMILES string of the molecule is CCCCn1nnc(CO)c1Cc1ccc(OC)cc1. The number of aromatic nitrogens is 3. The summed E-state index contributed by atoms with van der Waals surface area (Å²) in [5.41, 5.74) is 2.81. The molecule has 1 N–H and O–H groups in total. The lowest BCUT2D eigenvalue weighted by atomic mass is 10.1. The van der Waals surface area contributed by atoms with Crippen LogP contribution in [0.2, 0.25) is 0 Å². The fourth-order valence-electron chi connectivity index (χ4n) is 2.11. The number of hydrogen-bond donors (Lipinski definition) is 1. The first-order valence-electron chi connectivity index (χ1n) is 6.93. The van der Waals surface area contributed by atoms with Gasteiger partial charge in [-0.1, -0.05) is 30.7 Å². The van der Waals surface area contributed by atoms with E-state index in [0.717, 1.165) is 42.8 Å². The number of aliphatic hydroxyl groups excluding tert-OH is 1. The van der Waals surface area contributed by atoms with E-state index in [1.54, 1.807) is 7.11 Å². The van der Waals surface area contributed by atoms with Gasteiger partial charge in [0.25, 0.3) is 0 Å². The predicted molar refractivity (Wildman–Crippen MR) is 76.7 cm³/mol. The molecule has 0 radical (unpaired) electrons. The van der Waals surface area contributed by atoms with Crippen LogP contribution in [0.5, 0.6) is 5.75 Å². The van der Waals surface area contributed by atoms with Crippen LogP contribution in [-0.2, 0) is 19.6 Å². The zero-order valence-electron chi connectivity index (χ0n) is 12.0. The van der Waals surface area contributed by atoms with Crippen molar-refractivity contribution in [1.29, 1.82) is 0 Å². The number of benzene rings is 1. The first-order chi connectivity index (χ1) is 9.78. The molecule has 108 valence electrons. The van der Waals surface area contributed by atoms with Gasteiger partial charge in [-0.15, -0.1) is 5.10 Å². The van der Waals surface area contributed by atoms with Crippen molar-refractivity contribution in [3.63, 3.8) is 0 Å². The van der Waals surface area contributed by atoms with Crippen molar-refractivity contribution < 1.29 is 9.84 Å². The van der Waals surface area contributed by atoms with Crippen molar-refractivity contribution in [3.8, 4) is 5.75 Å². The summed E-state index contributed by atoms with van der Waals surface area (Å²) in [6.07, 6.45) is 2.89. The highest BCUT2D eigenvalue weighted by Crippen LogP contribution is 2.17. The maximum atomic E-state index is 9.38. The molecule has 1 heterocycles. The lowest BCUT2D eigenvalue weighted by Crippen LogP contribution is -2.07.